The molecule has 0 saturated carbocycles. The number of aliphatic hydroxyl groups excluding tert-OH is 1. The van der Waals surface area contributed by atoms with E-state index in [4.69, 9.17) is 21.4 Å². The maximum Gasteiger partial charge on any atom is 0.137 e. The first-order chi connectivity index (χ1) is 7.74. The van der Waals surface area contributed by atoms with Crippen molar-refractivity contribution in [2.24, 2.45) is 0 Å². The molecule has 0 aliphatic rings. The van der Waals surface area contributed by atoms with Crippen LogP contribution in [-0.4, -0.2) is 22.2 Å². The highest BCUT2D eigenvalue weighted by Gasteiger charge is 2.06. The van der Waals surface area contributed by atoms with Crippen molar-refractivity contribution < 1.29 is 9.84 Å². The van der Waals surface area contributed by atoms with E-state index < -0.39 is 0 Å². The lowest BCUT2D eigenvalue weighted by Gasteiger charge is -2.03. The molecule has 0 bridgehead atoms. The molecule has 0 saturated heterocycles. The fourth-order valence-electron chi connectivity index (χ4n) is 1.40. The first kappa shape index (κ1) is 11.0. The van der Waals surface area contributed by atoms with Gasteiger partial charge in [-0.2, -0.15) is 0 Å². The molecule has 0 radical (unpaired) electrons. The standard InChI is InChI=1S/C11H11ClN2O2/c1-16-10-3-2-7(4-9(10)12)11-13-5-8(6-15)14-11/h2-5,15H,6H2,1H3,(H,13,14). The zero-order valence-corrected chi connectivity index (χ0v) is 9.45. The second-order valence-electron chi connectivity index (χ2n) is 3.25. The van der Waals surface area contributed by atoms with Crippen molar-refractivity contribution in [3.8, 4) is 17.1 Å². The predicted molar refractivity (Wildman–Crippen MR) is 61.5 cm³/mol. The molecule has 0 aliphatic carbocycles. The summed E-state index contributed by atoms with van der Waals surface area (Å²) < 4.78 is 5.06. The molecule has 1 heterocycles. The van der Waals surface area contributed by atoms with Crippen molar-refractivity contribution in [2.75, 3.05) is 7.11 Å². The van der Waals surface area contributed by atoms with Gasteiger partial charge in [0.15, 0.2) is 0 Å². The largest absolute Gasteiger partial charge is 0.495 e. The third kappa shape index (κ3) is 2.03. The zero-order chi connectivity index (χ0) is 11.5. The lowest BCUT2D eigenvalue weighted by Crippen LogP contribution is -1.87. The Bertz CT molecular complexity index is 496. The van der Waals surface area contributed by atoms with Crippen LogP contribution in [0.1, 0.15) is 5.69 Å². The second kappa shape index (κ2) is 4.55. The van der Waals surface area contributed by atoms with E-state index in [1.54, 1.807) is 25.4 Å². The van der Waals surface area contributed by atoms with Crippen LogP contribution in [0, 0.1) is 0 Å². The molecule has 0 unspecified atom stereocenters. The number of hydrogen-bond donors (Lipinski definition) is 2. The Morgan fingerprint density at radius 1 is 1.50 bits per heavy atom. The van der Waals surface area contributed by atoms with Gasteiger partial charge in [0.25, 0.3) is 0 Å². The minimum absolute atomic E-state index is 0.0829. The summed E-state index contributed by atoms with van der Waals surface area (Å²) in [5.74, 6) is 1.30. The lowest BCUT2D eigenvalue weighted by atomic mass is 10.2. The van der Waals surface area contributed by atoms with Crippen LogP contribution in [0.2, 0.25) is 5.02 Å². The molecule has 0 aliphatic heterocycles. The number of rotatable bonds is 3. The van der Waals surface area contributed by atoms with E-state index in [2.05, 4.69) is 9.97 Å². The van der Waals surface area contributed by atoms with Gasteiger partial charge in [0, 0.05) is 11.8 Å². The van der Waals surface area contributed by atoms with Gasteiger partial charge >= 0.3 is 0 Å². The van der Waals surface area contributed by atoms with E-state index >= 15 is 0 Å². The van der Waals surface area contributed by atoms with E-state index in [0.29, 0.717) is 22.3 Å². The van der Waals surface area contributed by atoms with E-state index in [-0.39, 0.29) is 6.61 Å². The topological polar surface area (TPSA) is 58.1 Å². The number of methoxy groups -OCH3 is 1. The van der Waals surface area contributed by atoms with Crippen LogP contribution >= 0.6 is 11.6 Å². The van der Waals surface area contributed by atoms with E-state index in [9.17, 15) is 0 Å². The summed E-state index contributed by atoms with van der Waals surface area (Å²) in [5, 5.41) is 9.44. The molecule has 2 rings (SSSR count). The minimum atomic E-state index is -0.0829. The van der Waals surface area contributed by atoms with E-state index in [0.717, 1.165) is 5.56 Å². The number of aromatic amines is 1. The number of imidazole rings is 1. The summed E-state index contributed by atoms with van der Waals surface area (Å²) in [4.78, 5) is 7.16. The Morgan fingerprint density at radius 2 is 2.31 bits per heavy atom. The zero-order valence-electron chi connectivity index (χ0n) is 8.70. The highest BCUT2D eigenvalue weighted by molar-refractivity contribution is 6.32. The van der Waals surface area contributed by atoms with Crippen LogP contribution in [0.5, 0.6) is 5.75 Å². The predicted octanol–water partition coefficient (Wildman–Crippen LogP) is 2.23. The number of aromatic nitrogens is 2. The Kier molecular flexibility index (Phi) is 3.12. The monoisotopic (exact) mass is 238 g/mol. The molecule has 1 aromatic carbocycles. The first-order valence-corrected chi connectivity index (χ1v) is 5.11. The third-order valence-corrected chi connectivity index (χ3v) is 2.51. The van der Waals surface area contributed by atoms with Gasteiger partial charge in [-0.25, -0.2) is 4.98 Å². The summed E-state index contributed by atoms with van der Waals surface area (Å²) in [7, 11) is 1.57. The summed E-state index contributed by atoms with van der Waals surface area (Å²) in [6.07, 6.45) is 1.66. The van der Waals surface area contributed by atoms with Crippen LogP contribution in [0.4, 0.5) is 0 Å². The highest BCUT2D eigenvalue weighted by atomic mass is 35.5. The Balaban J connectivity index is 2.37. The Hall–Kier alpha value is -1.52. The number of benzene rings is 1. The normalized spacial score (nSPS) is 10.4. The van der Waals surface area contributed by atoms with E-state index in [1.807, 2.05) is 6.07 Å². The SMILES string of the molecule is COc1ccc(-c2nc(CO)c[nH]2)cc1Cl. The Morgan fingerprint density at radius 3 is 2.88 bits per heavy atom. The maximum absolute atomic E-state index is 8.91. The molecule has 4 nitrogen and oxygen atoms in total. The van der Waals surface area contributed by atoms with Gasteiger partial charge in [0.2, 0.25) is 0 Å². The van der Waals surface area contributed by atoms with Gasteiger partial charge in [0.05, 0.1) is 24.4 Å². The smallest absolute Gasteiger partial charge is 0.137 e. The third-order valence-electron chi connectivity index (χ3n) is 2.22. The van der Waals surface area contributed by atoms with Gasteiger partial charge in [-0.05, 0) is 18.2 Å². The number of hydrogen-bond acceptors (Lipinski definition) is 3. The number of aliphatic hydroxyl groups is 1. The van der Waals surface area contributed by atoms with Gasteiger partial charge in [-0.15, -0.1) is 0 Å². The fraction of sp³-hybridized carbons (Fsp3) is 0.182. The van der Waals surface area contributed by atoms with Crippen molar-refractivity contribution >= 4 is 11.6 Å². The quantitative estimate of drug-likeness (QED) is 0.862. The molecule has 5 heteroatoms. The summed E-state index contributed by atoms with van der Waals surface area (Å²) in [6.45, 7) is -0.0829. The number of halogens is 1. The fourth-order valence-corrected chi connectivity index (χ4v) is 1.66. The molecule has 16 heavy (non-hydrogen) atoms. The van der Waals surface area contributed by atoms with Crippen molar-refractivity contribution in [1.82, 2.24) is 9.97 Å². The van der Waals surface area contributed by atoms with Gasteiger partial charge in [0.1, 0.15) is 11.6 Å². The van der Waals surface area contributed by atoms with Crippen LogP contribution < -0.4 is 4.74 Å². The maximum atomic E-state index is 8.91. The second-order valence-corrected chi connectivity index (χ2v) is 3.66. The molecular formula is C11H11ClN2O2. The first-order valence-electron chi connectivity index (χ1n) is 4.73. The molecular weight excluding hydrogens is 228 g/mol. The average Bonchev–Trinajstić information content (AvgIpc) is 2.77. The number of ether oxygens (including phenoxy) is 1. The molecule has 0 spiro atoms. The van der Waals surface area contributed by atoms with Gasteiger partial charge in [-0.1, -0.05) is 11.6 Å². The number of nitrogens with one attached hydrogen (secondary N) is 1. The van der Waals surface area contributed by atoms with Crippen LogP contribution in [0.3, 0.4) is 0 Å². The summed E-state index contributed by atoms with van der Waals surface area (Å²) in [5.41, 5.74) is 1.45. The summed E-state index contributed by atoms with van der Waals surface area (Å²) >= 11 is 6.00. The van der Waals surface area contributed by atoms with Crippen molar-refractivity contribution in [1.29, 1.82) is 0 Å². The average molecular weight is 239 g/mol. The number of H-pyrrole nitrogens is 1. The van der Waals surface area contributed by atoms with Crippen LogP contribution in [-0.2, 0) is 6.61 Å². The highest BCUT2D eigenvalue weighted by Crippen LogP contribution is 2.28. The van der Waals surface area contributed by atoms with Gasteiger partial charge in [-0.3, -0.25) is 0 Å². The molecule has 1 aromatic heterocycles. The minimum Gasteiger partial charge on any atom is -0.495 e. The molecule has 2 aromatic rings. The van der Waals surface area contributed by atoms with Crippen molar-refractivity contribution in [3.05, 3.63) is 35.1 Å². The van der Waals surface area contributed by atoms with Crippen LogP contribution in [0.15, 0.2) is 24.4 Å². The van der Waals surface area contributed by atoms with Crippen LogP contribution in [0.25, 0.3) is 11.4 Å². The Labute approximate surface area is 97.9 Å². The van der Waals surface area contributed by atoms with E-state index in [1.165, 1.54) is 0 Å². The summed E-state index contributed by atoms with van der Waals surface area (Å²) in [6, 6.07) is 5.39. The molecule has 2 N–H and O–H groups in total. The number of nitrogens with zero attached hydrogens (tertiary/aromatic N) is 1. The molecule has 0 atom stereocenters. The molecule has 84 valence electrons. The van der Waals surface area contributed by atoms with Gasteiger partial charge < -0.3 is 14.8 Å². The molecule has 0 amide bonds. The lowest BCUT2D eigenvalue weighted by molar-refractivity contribution is 0.277. The molecule has 0 fully saturated rings. The van der Waals surface area contributed by atoms with Crippen molar-refractivity contribution in [2.45, 2.75) is 6.61 Å². The van der Waals surface area contributed by atoms with Crippen molar-refractivity contribution in [3.63, 3.8) is 0 Å².